The third-order valence-corrected chi connectivity index (χ3v) is 6.20. The smallest absolute Gasteiger partial charge is 0.254 e. The summed E-state index contributed by atoms with van der Waals surface area (Å²) < 4.78 is 5.75. The zero-order chi connectivity index (χ0) is 17.7. The van der Waals surface area contributed by atoms with Gasteiger partial charge in [0, 0.05) is 30.6 Å². The van der Waals surface area contributed by atoms with E-state index in [0.717, 1.165) is 61.7 Å². The van der Waals surface area contributed by atoms with Gasteiger partial charge in [-0.15, -0.1) is 0 Å². The Morgan fingerprint density at radius 2 is 2.12 bits per heavy atom. The summed E-state index contributed by atoms with van der Waals surface area (Å²) in [5, 5.41) is 0. The molecular formula is C21H25N3O2. The van der Waals surface area contributed by atoms with Crippen molar-refractivity contribution in [3.63, 3.8) is 0 Å². The minimum absolute atomic E-state index is 0.0610. The Labute approximate surface area is 153 Å². The fourth-order valence-electron chi connectivity index (χ4n) is 4.94. The van der Waals surface area contributed by atoms with E-state index in [1.165, 1.54) is 24.0 Å². The second-order valence-corrected chi connectivity index (χ2v) is 7.94. The van der Waals surface area contributed by atoms with Gasteiger partial charge in [-0.2, -0.15) is 0 Å². The Kier molecular flexibility index (Phi) is 3.85. The highest BCUT2D eigenvalue weighted by molar-refractivity contribution is 5.38. The highest BCUT2D eigenvalue weighted by Crippen LogP contribution is 2.34. The molecule has 1 fully saturated rings. The van der Waals surface area contributed by atoms with Crippen LogP contribution in [0.25, 0.3) is 0 Å². The van der Waals surface area contributed by atoms with Crippen LogP contribution < -0.4 is 10.3 Å². The SMILES string of the molecule is Cc1nc2c(c(=O)[nH]1)C[C@H]1CC[C@@H](C2)N1Cc1ccc2c(c1)CCCO2. The summed E-state index contributed by atoms with van der Waals surface area (Å²) >= 11 is 0. The predicted molar refractivity (Wildman–Crippen MR) is 99.6 cm³/mol. The lowest BCUT2D eigenvalue weighted by Crippen LogP contribution is -2.36. The Bertz CT molecular complexity index is 905. The van der Waals surface area contributed by atoms with Crippen molar-refractivity contribution in [1.82, 2.24) is 14.9 Å². The molecule has 4 heterocycles. The summed E-state index contributed by atoms with van der Waals surface area (Å²) in [6.45, 7) is 3.66. The van der Waals surface area contributed by atoms with Crippen LogP contribution in [0.15, 0.2) is 23.0 Å². The molecule has 1 aromatic carbocycles. The lowest BCUT2D eigenvalue weighted by Gasteiger charge is -2.28. The summed E-state index contributed by atoms with van der Waals surface area (Å²) in [4.78, 5) is 22.6. The summed E-state index contributed by atoms with van der Waals surface area (Å²) in [6.07, 6.45) is 6.30. The largest absolute Gasteiger partial charge is 0.493 e. The highest BCUT2D eigenvalue weighted by Gasteiger charge is 2.38. The number of hydrogen-bond donors (Lipinski definition) is 1. The molecule has 0 unspecified atom stereocenters. The minimum Gasteiger partial charge on any atom is -0.493 e. The molecule has 1 N–H and O–H groups in total. The number of hydrogen-bond acceptors (Lipinski definition) is 4. The number of H-pyrrole nitrogens is 1. The van der Waals surface area contributed by atoms with Gasteiger partial charge >= 0.3 is 0 Å². The molecule has 0 saturated carbocycles. The standard InChI is InChI=1S/C21H25N3O2/c1-13-22-19-11-17-6-5-16(10-18(19)21(25)23-13)24(17)12-14-4-7-20-15(9-14)3-2-8-26-20/h4,7,9,16-17H,2-3,5-6,8,10-12H2,1H3,(H,22,23,25)/t16-,17+/m1/s1. The number of aromatic amines is 1. The van der Waals surface area contributed by atoms with Crippen LogP contribution in [0.3, 0.4) is 0 Å². The number of rotatable bonds is 2. The fraction of sp³-hybridized carbons (Fsp3) is 0.524. The molecule has 0 aliphatic carbocycles. The lowest BCUT2D eigenvalue weighted by atomic mass is 9.98. The quantitative estimate of drug-likeness (QED) is 0.903. The maximum Gasteiger partial charge on any atom is 0.254 e. The van der Waals surface area contributed by atoms with Crippen molar-refractivity contribution in [1.29, 1.82) is 0 Å². The van der Waals surface area contributed by atoms with Gasteiger partial charge in [0.05, 0.1) is 12.3 Å². The topological polar surface area (TPSA) is 58.2 Å². The Hall–Kier alpha value is -2.14. The van der Waals surface area contributed by atoms with E-state index in [9.17, 15) is 4.79 Å². The van der Waals surface area contributed by atoms with Gasteiger partial charge in [0.1, 0.15) is 11.6 Å². The van der Waals surface area contributed by atoms with Crippen LogP contribution in [0.4, 0.5) is 0 Å². The first kappa shape index (κ1) is 16.1. The molecule has 0 radical (unpaired) electrons. The number of ether oxygens (including phenoxy) is 1. The van der Waals surface area contributed by atoms with Crippen LogP contribution in [0.2, 0.25) is 0 Å². The number of nitrogens with one attached hydrogen (secondary N) is 1. The summed E-state index contributed by atoms with van der Waals surface area (Å²) in [7, 11) is 0. The van der Waals surface area contributed by atoms with Crippen LogP contribution in [-0.2, 0) is 25.8 Å². The first-order chi connectivity index (χ1) is 12.7. The molecule has 26 heavy (non-hydrogen) atoms. The van der Waals surface area contributed by atoms with Crippen molar-refractivity contribution < 1.29 is 4.74 Å². The van der Waals surface area contributed by atoms with E-state index in [1.54, 1.807) is 0 Å². The zero-order valence-electron chi connectivity index (χ0n) is 15.3. The molecule has 1 aromatic heterocycles. The van der Waals surface area contributed by atoms with Crippen LogP contribution in [0.5, 0.6) is 5.75 Å². The van der Waals surface area contributed by atoms with Crippen molar-refractivity contribution >= 4 is 0 Å². The maximum atomic E-state index is 12.4. The Morgan fingerprint density at radius 3 is 3.00 bits per heavy atom. The third kappa shape index (κ3) is 2.75. The number of aryl methyl sites for hydroxylation is 2. The number of benzene rings is 1. The van der Waals surface area contributed by atoms with E-state index in [2.05, 4.69) is 33.1 Å². The average Bonchev–Trinajstić information content (AvgIpc) is 2.90. The van der Waals surface area contributed by atoms with Gasteiger partial charge in [-0.3, -0.25) is 9.69 Å². The molecule has 1 saturated heterocycles. The first-order valence-electron chi connectivity index (χ1n) is 9.76. The molecule has 3 aliphatic rings. The normalized spacial score (nSPS) is 24.5. The molecular weight excluding hydrogens is 326 g/mol. The molecule has 2 aromatic rings. The van der Waals surface area contributed by atoms with Gasteiger partial charge in [-0.1, -0.05) is 12.1 Å². The monoisotopic (exact) mass is 351 g/mol. The molecule has 3 aliphatic heterocycles. The highest BCUT2D eigenvalue weighted by atomic mass is 16.5. The van der Waals surface area contributed by atoms with Crippen LogP contribution in [0, 0.1) is 6.92 Å². The predicted octanol–water partition coefficient (Wildman–Crippen LogP) is 2.54. The van der Waals surface area contributed by atoms with Crippen molar-refractivity contribution in [2.24, 2.45) is 0 Å². The molecule has 0 spiro atoms. The van der Waals surface area contributed by atoms with Crippen LogP contribution in [0.1, 0.15) is 47.5 Å². The minimum atomic E-state index is 0.0610. The van der Waals surface area contributed by atoms with Gasteiger partial charge in [-0.05, 0) is 56.2 Å². The fourth-order valence-corrected chi connectivity index (χ4v) is 4.94. The third-order valence-electron chi connectivity index (χ3n) is 6.20. The second-order valence-electron chi connectivity index (χ2n) is 7.94. The van der Waals surface area contributed by atoms with E-state index in [4.69, 9.17) is 4.74 Å². The molecule has 136 valence electrons. The lowest BCUT2D eigenvalue weighted by molar-refractivity contribution is 0.187. The van der Waals surface area contributed by atoms with Gasteiger partial charge in [-0.25, -0.2) is 4.98 Å². The van der Waals surface area contributed by atoms with E-state index in [-0.39, 0.29) is 5.56 Å². The van der Waals surface area contributed by atoms with Crippen molar-refractivity contribution in [3.8, 4) is 5.75 Å². The summed E-state index contributed by atoms with van der Waals surface area (Å²) in [6, 6.07) is 7.59. The molecule has 5 nitrogen and oxygen atoms in total. The van der Waals surface area contributed by atoms with E-state index >= 15 is 0 Å². The molecule has 2 atom stereocenters. The van der Waals surface area contributed by atoms with Gasteiger partial charge < -0.3 is 9.72 Å². The average molecular weight is 351 g/mol. The molecule has 0 amide bonds. The zero-order valence-corrected chi connectivity index (χ0v) is 15.3. The molecule has 5 rings (SSSR count). The number of nitrogens with zero attached hydrogens (tertiary/aromatic N) is 2. The summed E-state index contributed by atoms with van der Waals surface area (Å²) in [5.41, 5.74) is 4.68. The van der Waals surface area contributed by atoms with Crippen molar-refractivity contribution in [2.45, 2.75) is 64.1 Å². The summed E-state index contributed by atoms with van der Waals surface area (Å²) in [5.74, 6) is 1.78. The number of fused-ring (bicyclic) bond motifs is 4. The van der Waals surface area contributed by atoms with Gasteiger partial charge in [0.15, 0.2) is 0 Å². The molecule has 2 bridgehead atoms. The van der Waals surface area contributed by atoms with Crippen molar-refractivity contribution in [2.75, 3.05) is 6.61 Å². The second kappa shape index (κ2) is 6.23. The van der Waals surface area contributed by atoms with Gasteiger partial charge in [0.2, 0.25) is 0 Å². The van der Waals surface area contributed by atoms with E-state index in [1.807, 2.05) is 6.92 Å². The van der Waals surface area contributed by atoms with Crippen molar-refractivity contribution in [3.05, 3.63) is 56.8 Å². The van der Waals surface area contributed by atoms with Gasteiger partial charge in [0.25, 0.3) is 5.56 Å². The van der Waals surface area contributed by atoms with Crippen LogP contribution in [-0.4, -0.2) is 33.6 Å². The van der Waals surface area contributed by atoms with Crippen LogP contribution >= 0.6 is 0 Å². The Morgan fingerprint density at radius 1 is 1.27 bits per heavy atom. The van der Waals surface area contributed by atoms with E-state index in [0.29, 0.717) is 12.1 Å². The van der Waals surface area contributed by atoms with E-state index < -0.39 is 0 Å². The number of aromatic nitrogens is 2. The Balaban J connectivity index is 1.43. The molecule has 5 heteroatoms. The maximum absolute atomic E-state index is 12.4. The first-order valence-corrected chi connectivity index (χ1v) is 9.76.